The van der Waals surface area contributed by atoms with Crippen LogP contribution in [0.1, 0.15) is 0 Å². The number of nitrogens with one attached hydrogen (secondary N) is 2. The molecule has 5 nitrogen and oxygen atoms in total. The van der Waals surface area contributed by atoms with Crippen LogP contribution in [-0.2, 0) is 0 Å². The van der Waals surface area contributed by atoms with Crippen LogP contribution in [0.25, 0.3) is 0 Å². The molecule has 0 amide bonds. The van der Waals surface area contributed by atoms with Crippen LogP contribution in [0.15, 0.2) is 11.9 Å². The van der Waals surface area contributed by atoms with Crippen LogP contribution < -0.4 is 10.9 Å². The average Bonchev–Trinajstić information content (AvgIpc) is 2.13. The fourth-order valence-electron chi connectivity index (χ4n) is 0.481. The van der Waals surface area contributed by atoms with E-state index in [-0.39, 0.29) is 5.70 Å². The van der Waals surface area contributed by atoms with Crippen LogP contribution in [-0.4, -0.2) is 10.4 Å². The first kappa shape index (κ1) is 6.31. The van der Waals surface area contributed by atoms with E-state index in [9.17, 15) is 10.1 Å². The first-order valence-electron chi connectivity index (χ1n) is 2.21. The van der Waals surface area contributed by atoms with Crippen molar-refractivity contribution in [2.75, 3.05) is 0 Å². The molecule has 1 heterocycles. The van der Waals surface area contributed by atoms with E-state index in [2.05, 4.69) is 10.9 Å². The summed E-state index contributed by atoms with van der Waals surface area (Å²) in [4.78, 5) is 9.45. The van der Waals surface area contributed by atoms with E-state index < -0.39 is 10.4 Å². The summed E-state index contributed by atoms with van der Waals surface area (Å²) in [7, 11) is 0. The van der Waals surface area contributed by atoms with E-state index >= 15 is 0 Å². The molecule has 2 N–H and O–H groups in total. The number of nitro groups is 1. The molecule has 1 aliphatic rings. The summed E-state index contributed by atoms with van der Waals surface area (Å²) in [5.41, 5.74) is 4.07. The highest BCUT2D eigenvalue weighted by atomic mass is 35.5. The molecule has 0 aliphatic carbocycles. The highest BCUT2D eigenvalue weighted by Crippen LogP contribution is 2.08. The van der Waals surface area contributed by atoms with Crippen molar-refractivity contribution >= 4 is 11.6 Å². The number of rotatable bonds is 1. The maximum absolute atomic E-state index is 9.98. The van der Waals surface area contributed by atoms with Gasteiger partial charge < -0.3 is 5.43 Å². The Bertz CT molecular complexity index is 168. The monoisotopic (exact) mass is 149 g/mol. The van der Waals surface area contributed by atoms with Crippen molar-refractivity contribution < 1.29 is 4.92 Å². The largest absolute Gasteiger partial charge is 0.321 e. The molecule has 0 aromatic carbocycles. The number of alkyl halides is 1. The second-order valence-corrected chi connectivity index (χ2v) is 1.91. The van der Waals surface area contributed by atoms with Gasteiger partial charge in [-0.3, -0.25) is 10.1 Å². The van der Waals surface area contributed by atoms with Crippen molar-refractivity contribution in [3.63, 3.8) is 0 Å². The van der Waals surface area contributed by atoms with Gasteiger partial charge in [-0.25, -0.2) is 5.43 Å². The minimum atomic E-state index is -0.722. The van der Waals surface area contributed by atoms with Crippen molar-refractivity contribution in [2.24, 2.45) is 0 Å². The standard InChI is InChI=1S/C3H4ClN3O2/c4-3-2(7(8)9)1-5-6-3/h1,3,5-6H. The molecule has 0 bridgehead atoms. The zero-order valence-electron chi connectivity index (χ0n) is 4.30. The molecule has 1 unspecified atom stereocenters. The van der Waals surface area contributed by atoms with E-state index in [1.165, 1.54) is 6.20 Å². The molecule has 9 heavy (non-hydrogen) atoms. The van der Waals surface area contributed by atoms with E-state index in [0.29, 0.717) is 0 Å². The summed E-state index contributed by atoms with van der Waals surface area (Å²) < 4.78 is 0. The summed E-state index contributed by atoms with van der Waals surface area (Å²) >= 11 is 5.39. The molecule has 0 radical (unpaired) electrons. The fourth-order valence-corrected chi connectivity index (χ4v) is 0.687. The lowest BCUT2D eigenvalue weighted by atomic mass is 10.5. The number of hydrazine groups is 1. The quantitative estimate of drug-likeness (QED) is 0.234. The second-order valence-electron chi connectivity index (χ2n) is 1.48. The molecule has 6 heteroatoms. The molecular formula is C3H4ClN3O2. The van der Waals surface area contributed by atoms with E-state index in [0.717, 1.165) is 0 Å². The molecule has 50 valence electrons. The van der Waals surface area contributed by atoms with Gasteiger partial charge in [-0.05, 0) is 0 Å². The van der Waals surface area contributed by atoms with Gasteiger partial charge in [0.15, 0.2) is 5.50 Å². The molecule has 0 spiro atoms. The Morgan fingerprint density at radius 1 is 1.89 bits per heavy atom. The van der Waals surface area contributed by atoms with E-state index in [1.54, 1.807) is 0 Å². The van der Waals surface area contributed by atoms with Crippen LogP contribution >= 0.6 is 11.6 Å². The minimum Gasteiger partial charge on any atom is -0.321 e. The molecule has 1 aliphatic heterocycles. The second kappa shape index (κ2) is 2.20. The zero-order chi connectivity index (χ0) is 6.85. The Morgan fingerprint density at radius 2 is 2.56 bits per heavy atom. The van der Waals surface area contributed by atoms with E-state index in [1.807, 2.05) is 0 Å². The van der Waals surface area contributed by atoms with Crippen molar-refractivity contribution in [3.05, 3.63) is 22.0 Å². The Hall–Kier alpha value is -0.810. The molecule has 0 fully saturated rings. The van der Waals surface area contributed by atoms with Crippen molar-refractivity contribution in [2.45, 2.75) is 5.50 Å². The smallest absolute Gasteiger partial charge is 0.296 e. The Balaban J connectivity index is 2.68. The van der Waals surface area contributed by atoms with Crippen LogP contribution in [0, 0.1) is 10.1 Å². The summed E-state index contributed by atoms with van der Waals surface area (Å²) in [5.74, 6) is 0. The lowest BCUT2D eigenvalue weighted by Crippen LogP contribution is -2.28. The molecule has 1 atom stereocenters. The highest BCUT2D eigenvalue weighted by Gasteiger charge is 2.25. The fraction of sp³-hybridized carbons (Fsp3) is 0.333. The van der Waals surface area contributed by atoms with Gasteiger partial charge >= 0.3 is 0 Å². The normalized spacial score (nSPS) is 25.0. The maximum atomic E-state index is 9.98. The number of hydrogen-bond acceptors (Lipinski definition) is 4. The van der Waals surface area contributed by atoms with Gasteiger partial charge in [0.05, 0.1) is 11.1 Å². The first-order valence-corrected chi connectivity index (χ1v) is 2.65. The third-order valence-corrected chi connectivity index (χ3v) is 1.23. The number of hydrogen-bond donors (Lipinski definition) is 2. The van der Waals surface area contributed by atoms with Gasteiger partial charge in [-0.15, -0.1) is 0 Å². The van der Waals surface area contributed by atoms with Crippen LogP contribution in [0.3, 0.4) is 0 Å². The first-order chi connectivity index (χ1) is 4.22. The predicted octanol–water partition coefficient (Wildman–Crippen LogP) is -0.223. The van der Waals surface area contributed by atoms with Gasteiger partial charge in [-0.2, -0.15) is 0 Å². The van der Waals surface area contributed by atoms with Gasteiger partial charge in [0.25, 0.3) is 5.70 Å². The summed E-state index contributed by atoms with van der Waals surface area (Å²) in [6.07, 6.45) is 1.22. The Labute approximate surface area is 55.8 Å². The predicted molar refractivity (Wildman–Crippen MR) is 31.0 cm³/mol. The van der Waals surface area contributed by atoms with Crippen LogP contribution in [0.4, 0.5) is 0 Å². The Kier molecular flexibility index (Phi) is 1.54. The summed E-state index contributed by atoms with van der Waals surface area (Å²) in [6.45, 7) is 0. The van der Waals surface area contributed by atoms with Crippen molar-refractivity contribution in [3.8, 4) is 0 Å². The molecule has 0 saturated carbocycles. The zero-order valence-corrected chi connectivity index (χ0v) is 5.05. The number of halogens is 1. The lowest BCUT2D eigenvalue weighted by molar-refractivity contribution is -0.426. The van der Waals surface area contributed by atoms with Crippen molar-refractivity contribution in [1.82, 2.24) is 10.9 Å². The van der Waals surface area contributed by atoms with Gasteiger partial charge in [0.2, 0.25) is 0 Å². The molecule has 0 aromatic rings. The topological polar surface area (TPSA) is 67.2 Å². The van der Waals surface area contributed by atoms with Gasteiger partial charge in [-0.1, -0.05) is 11.6 Å². The highest BCUT2D eigenvalue weighted by molar-refractivity contribution is 6.22. The van der Waals surface area contributed by atoms with Crippen LogP contribution in [0.2, 0.25) is 0 Å². The molecule has 0 aromatic heterocycles. The van der Waals surface area contributed by atoms with Gasteiger partial charge in [0.1, 0.15) is 0 Å². The Morgan fingerprint density at radius 3 is 2.78 bits per heavy atom. The lowest BCUT2D eigenvalue weighted by Gasteiger charge is -1.95. The average molecular weight is 150 g/mol. The summed E-state index contributed by atoms with van der Waals surface area (Å²) in [5, 5.41) is 9.98. The molecular weight excluding hydrogens is 146 g/mol. The maximum Gasteiger partial charge on any atom is 0.296 e. The third kappa shape index (κ3) is 1.11. The SMILES string of the molecule is O=[N+]([O-])C1=CNNC1Cl. The van der Waals surface area contributed by atoms with Gasteiger partial charge in [0, 0.05) is 0 Å². The minimum absolute atomic E-state index is 0.0586. The van der Waals surface area contributed by atoms with Crippen LogP contribution in [0.5, 0.6) is 0 Å². The van der Waals surface area contributed by atoms with E-state index in [4.69, 9.17) is 11.6 Å². The summed E-state index contributed by atoms with van der Waals surface area (Å²) in [6, 6.07) is 0. The molecule has 0 saturated heterocycles. The van der Waals surface area contributed by atoms with Crippen molar-refractivity contribution in [1.29, 1.82) is 0 Å². The molecule has 1 rings (SSSR count). The third-order valence-electron chi connectivity index (χ3n) is 0.901. The number of nitrogens with zero attached hydrogens (tertiary/aromatic N) is 1.